The molecule has 2 aromatic carbocycles. The highest BCUT2D eigenvalue weighted by atomic mass is 32.2. The molecule has 0 aliphatic carbocycles. The van der Waals surface area contributed by atoms with Gasteiger partial charge in [0.25, 0.3) is 0 Å². The molecule has 0 amide bonds. The number of hydrogen-bond acceptors (Lipinski definition) is 2. The van der Waals surface area contributed by atoms with E-state index in [0.717, 1.165) is 5.25 Å². The van der Waals surface area contributed by atoms with Gasteiger partial charge in [-0.05, 0) is 42.8 Å². The Balaban J connectivity index is 1.89. The molecule has 88 valence electrons. The Morgan fingerprint density at radius 2 is 1.71 bits per heavy atom. The lowest BCUT2D eigenvalue weighted by molar-refractivity contribution is 0.531. The zero-order chi connectivity index (χ0) is 11.5. The second-order valence-electron chi connectivity index (χ2n) is 4.54. The van der Waals surface area contributed by atoms with E-state index in [9.17, 15) is 0 Å². The molecule has 0 unspecified atom stereocenters. The summed E-state index contributed by atoms with van der Waals surface area (Å²) in [6, 6.07) is 15.3. The van der Waals surface area contributed by atoms with E-state index in [1.807, 2.05) is 0 Å². The Labute approximate surface area is 107 Å². The van der Waals surface area contributed by atoms with Gasteiger partial charge < -0.3 is 5.32 Å². The number of benzene rings is 2. The SMILES string of the molecule is c1ccc2c(SC3CCNCC3)cccc2c1. The maximum atomic E-state index is 3.42. The van der Waals surface area contributed by atoms with Crippen LogP contribution in [0.4, 0.5) is 0 Å². The van der Waals surface area contributed by atoms with Gasteiger partial charge in [-0.25, -0.2) is 0 Å². The number of piperidine rings is 1. The van der Waals surface area contributed by atoms with Gasteiger partial charge in [0.1, 0.15) is 0 Å². The van der Waals surface area contributed by atoms with Crippen molar-refractivity contribution in [2.75, 3.05) is 13.1 Å². The van der Waals surface area contributed by atoms with E-state index < -0.39 is 0 Å². The lowest BCUT2D eigenvalue weighted by Crippen LogP contribution is -2.29. The third-order valence-electron chi connectivity index (χ3n) is 3.33. The second kappa shape index (κ2) is 5.11. The Morgan fingerprint density at radius 3 is 2.59 bits per heavy atom. The Morgan fingerprint density at radius 1 is 0.941 bits per heavy atom. The van der Waals surface area contributed by atoms with E-state index in [4.69, 9.17) is 0 Å². The molecule has 1 aliphatic rings. The third kappa shape index (κ3) is 2.48. The Kier molecular flexibility index (Phi) is 3.34. The first kappa shape index (κ1) is 11.1. The average Bonchev–Trinajstić information content (AvgIpc) is 2.40. The summed E-state index contributed by atoms with van der Waals surface area (Å²) in [5.74, 6) is 0. The van der Waals surface area contributed by atoms with Gasteiger partial charge in [-0.2, -0.15) is 0 Å². The first-order valence-electron chi connectivity index (χ1n) is 6.28. The van der Waals surface area contributed by atoms with Crippen LogP contribution in [0.2, 0.25) is 0 Å². The number of fused-ring (bicyclic) bond motifs is 1. The number of thioether (sulfide) groups is 1. The van der Waals surface area contributed by atoms with E-state index in [2.05, 4.69) is 59.5 Å². The van der Waals surface area contributed by atoms with Crippen LogP contribution in [0, 0.1) is 0 Å². The lowest BCUT2D eigenvalue weighted by atomic mass is 10.1. The van der Waals surface area contributed by atoms with Gasteiger partial charge in [0.2, 0.25) is 0 Å². The summed E-state index contributed by atoms with van der Waals surface area (Å²) in [5.41, 5.74) is 0. The van der Waals surface area contributed by atoms with Crippen LogP contribution >= 0.6 is 11.8 Å². The topological polar surface area (TPSA) is 12.0 Å². The molecular weight excluding hydrogens is 226 g/mol. The van der Waals surface area contributed by atoms with Gasteiger partial charge in [0.05, 0.1) is 0 Å². The quantitative estimate of drug-likeness (QED) is 0.863. The number of rotatable bonds is 2. The van der Waals surface area contributed by atoms with E-state index in [1.54, 1.807) is 0 Å². The minimum absolute atomic E-state index is 0.780. The minimum Gasteiger partial charge on any atom is -0.317 e. The number of hydrogen-bond donors (Lipinski definition) is 1. The summed E-state index contributed by atoms with van der Waals surface area (Å²) >= 11 is 2.05. The molecule has 1 saturated heterocycles. The molecule has 0 spiro atoms. The molecule has 0 bridgehead atoms. The van der Waals surface area contributed by atoms with E-state index in [-0.39, 0.29) is 0 Å². The van der Waals surface area contributed by atoms with Crippen LogP contribution in [-0.4, -0.2) is 18.3 Å². The molecule has 1 N–H and O–H groups in total. The van der Waals surface area contributed by atoms with Crippen molar-refractivity contribution in [2.45, 2.75) is 23.0 Å². The predicted octanol–water partition coefficient (Wildman–Crippen LogP) is 3.68. The molecule has 0 saturated carbocycles. The van der Waals surface area contributed by atoms with Crippen molar-refractivity contribution in [3.05, 3.63) is 42.5 Å². The summed E-state index contributed by atoms with van der Waals surface area (Å²) in [5, 5.41) is 6.96. The van der Waals surface area contributed by atoms with Crippen LogP contribution in [0.3, 0.4) is 0 Å². The average molecular weight is 243 g/mol. The van der Waals surface area contributed by atoms with Gasteiger partial charge in [-0.15, -0.1) is 11.8 Å². The smallest absolute Gasteiger partial charge is 0.0153 e. The molecule has 2 aromatic rings. The summed E-state index contributed by atoms with van der Waals surface area (Å²) in [6.07, 6.45) is 2.57. The molecule has 1 aliphatic heterocycles. The molecule has 0 aromatic heterocycles. The molecule has 0 atom stereocenters. The fourth-order valence-electron chi connectivity index (χ4n) is 2.39. The molecule has 1 nitrogen and oxygen atoms in total. The highest BCUT2D eigenvalue weighted by Gasteiger charge is 2.15. The zero-order valence-electron chi connectivity index (χ0n) is 9.86. The summed E-state index contributed by atoms with van der Waals surface area (Å²) in [7, 11) is 0. The summed E-state index contributed by atoms with van der Waals surface area (Å²) in [4.78, 5) is 1.44. The van der Waals surface area contributed by atoms with Crippen LogP contribution in [-0.2, 0) is 0 Å². The molecule has 17 heavy (non-hydrogen) atoms. The van der Waals surface area contributed by atoms with Gasteiger partial charge in [-0.3, -0.25) is 0 Å². The molecule has 0 radical (unpaired) electrons. The van der Waals surface area contributed by atoms with Crippen molar-refractivity contribution in [1.29, 1.82) is 0 Å². The van der Waals surface area contributed by atoms with Crippen molar-refractivity contribution >= 4 is 22.5 Å². The van der Waals surface area contributed by atoms with Crippen molar-refractivity contribution in [3.8, 4) is 0 Å². The molecule has 2 heteroatoms. The van der Waals surface area contributed by atoms with Gasteiger partial charge in [0.15, 0.2) is 0 Å². The van der Waals surface area contributed by atoms with Gasteiger partial charge in [0, 0.05) is 10.1 Å². The highest BCUT2D eigenvalue weighted by Crippen LogP contribution is 2.33. The fraction of sp³-hybridized carbons (Fsp3) is 0.333. The molecule has 3 rings (SSSR count). The van der Waals surface area contributed by atoms with Crippen molar-refractivity contribution in [3.63, 3.8) is 0 Å². The van der Waals surface area contributed by atoms with Crippen LogP contribution in [0.1, 0.15) is 12.8 Å². The Bertz CT molecular complexity index is 498. The van der Waals surface area contributed by atoms with Gasteiger partial charge in [-0.1, -0.05) is 36.4 Å². The van der Waals surface area contributed by atoms with Crippen LogP contribution in [0.5, 0.6) is 0 Å². The van der Waals surface area contributed by atoms with E-state index in [0.29, 0.717) is 0 Å². The van der Waals surface area contributed by atoms with E-state index in [1.165, 1.54) is 41.6 Å². The molecule has 1 fully saturated rings. The monoisotopic (exact) mass is 243 g/mol. The van der Waals surface area contributed by atoms with Gasteiger partial charge >= 0.3 is 0 Å². The van der Waals surface area contributed by atoms with Crippen LogP contribution in [0.15, 0.2) is 47.4 Å². The summed E-state index contributed by atoms with van der Waals surface area (Å²) in [6.45, 7) is 2.34. The maximum absolute atomic E-state index is 3.42. The van der Waals surface area contributed by atoms with Crippen molar-refractivity contribution in [2.24, 2.45) is 0 Å². The van der Waals surface area contributed by atoms with Crippen molar-refractivity contribution < 1.29 is 0 Å². The largest absolute Gasteiger partial charge is 0.317 e. The summed E-state index contributed by atoms with van der Waals surface area (Å²) < 4.78 is 0. The predicted molar refractivity (Wildman–Crippen MR) is 75.7 cm³/mol. The Hall–Kier alpha value is -0.990. The number of nitrogens with one attached hydrogen (secondary N) is 1. The fourth-order valence-corrected chi connectivity index (χ4v) is 3.69. The van der Waals surface area contributed by atoms with E-state index >= 15 is 0 Å². The first-order chi connectivity index (χ1) is 8.43. The molecular formula is C15H17NS. The first-order valence-corrected chi connectivity index (χ1v) is 7.16. The zero-order valence-corrected chi connectivity index (χ0v) is 10.7. The minimum atomic E-state index is 0.780. The maximum Gasteiger partial charge on any atom is 0.0153 e. The second-order valence-corrected chi connectivity index (χ2v) is 5.89. The standard InChI is InChI=1S/C15H17NS/c1-2-6-14-12(4-1)5-3-7-15(14)17-13-8-10-16-11-9-13/h1-7,13,16H,8-11H2. The third-order valence-corrected chi connectivity index (χ3v) is 4.74. The van der Waals surface area contributed by atoms with Crippen LogP contribution in [0.25, 0.3) is 10.8 Å². The normalized spacial score (nSPS) is 17.4. The van der Waals surface area contributed by atoms with Crippen molar-refractivity contribution in [1.82, 2.24) is 5.32 Å². The highest BCUT2D eigenvalue weighted by molar-refractivity contribution is 8.00. The van der Waals surface area contributed by atoms with Crippen LogP contribution < -0.4 is 5.32 Å². The lowest BCUT2D eigenvalue weighted by Gasteiger charge is -2.22. The molecule has 1 heterocycles.